The number of methoxy groups -OCH3 is 1. The summed E-state index contributed by atoms with van der Waals surface area (Å²) < 4.78 is 6.35. The van der Waals surface area contributed by atoms with E-state index in [9.17, 15) is 0 Å². The lowest BCUT2D eigenvalue weighted by atomic mass is 10.1. The first kappa shape index (κ1) is 14.4. The van der Waals surface area contributed by atoms with E-state index >= 15 is 0 Å². The first-order valence-electron chi connectivity index (χ1n) is 5.83. The smallest absolute Gasteiger partial charge is 0.124 e. The highest BCUT2D eigenvalue weighted by atomic mass is 79.9. The second-order valence-electron chi connectivity index (χ2n) is 4.08. The number of nitrogens with zero attached hydrogens (tertiary/aromatic N) is 1. The quantitative estimate of drug-likeness (QED) is 0.914. The van der Waals surface area contributed by atoms with Crippen LogP contribution < -0.4 is 10.5 Å². The Morgan fingerprint density at radius 2 is 2.11 bits per heavy atom. The van der Waals surface area contributed by atoms with Crippen molar-refractivity contribution < 1.29 is 4.74 Å². The second-order valence-corrected chi connectivity index (χ2v) is 6.06. The van der Waals surface area contributed by atoms with Crippen molar-refractivity contribution in [3.63, 3.8) is 0 Å². The molecule has 19 heavy (non-hydrogen) atoms. The third kappa shape index (κ3) is 3.49. The first-order valence-corrected chi connectivity index (χ1v) is 7.44. The maximum absolute atomic E-state index is 6.05. The average molecular weight is 339 g/mol. The number of halogens is 1. The summed E-state index contributed by atoms with van der Waals surface area (Å²) in [6.45, 7) is 1.96. The van der Waals surface area contributed by atoms with Crippen molar-refractivity contribution in [2.75, 3.05) is 7.11 Å². The normalized spacial score (nSPS) is 12.2. The first-order chi connectivity index (χ1) is 9.11. The molecule has 0 amide bonds. The van der Waals surface area contributed by atoms with Gasteiger partial charge in [-0.25, -0.2) is 4.98 Å². The van der Waals surface area contributed by atoms with E-state index < -0.39 is 0 Å². The minimum Gasteiger partial charge on any atom is -0.496 e. The van der Waals surface area contributed by atoms with Gasteiger partial charge in [0.25, 0.3) is 0 Å². The van der Waals surface area contributed by atoms with E-state index in [1.807, 2.05) is 37.3 Å². The van der Waals surface area contributed by atoms with Gasteiger partial charge in [0.05, 0.1) is 7.11 Å². The van der Waals surface area contributed by atoms with Gasteiger partial charge in [-0.15, -0.1) is 0 Å². The van der Waals surface area contributed by atoms with Crippen molar-refractivity contribution in [2.24, 2.45) is 5.73 Å². The van der Waals surface area contributed by atoms with Gasteiger partial charge in [0.15, 0.2) is 0 Å². The number of pyridine rings is 1. The Labute approximate surface area is 125 Å². The summed E-state index contributed by atoms with van der Waals surface area (Å²) in [5, 5.41) is 0.929. The molecule has 3 nitrogen and oxygen atoms in total. The van der Waals surface area contributed by atoms with Crippen LogP contribution in [0.4, 0.5) is 0 Å². The molecule has 0 aliphatic heterocycles. The Kier molecular flexibility index (Phi) is 4.85. The molecule has 0 aliphatic carbocycles. The minimum atomic E-state index is -0.0888. The fraction of sp³-hybridized carbons (Fsp3) is 0.214. The van der Waals surface area contributed by atoms with Gasteiger partial charge >= 0.3 is 0 Å². The van der Waals surface area contributed by atoms with Crippen molar-refractivity contribution in [1.82, 2.24) is 4.98 Å². The molecule has 5 heteroatoms. The largest absolute Gasteiger partial charge is 0.496 e. The Balaban J connectivity index is 2.36. The third-order valence-electron chi connectivity index (χ3n) is 2.62. The van der Waals surface area contributed by atoms with E-state index in [1.54, 1.807) is 25.1 Å². The van der Waals surface area contributed by atoms with Crippen LogP contribution in [0.5, 0.6) is 5.75 Å². The molecule has 1 aromatic carbocycles. The molecule has 0 spiro atoms. The van der Waals surface area contributed by atoms with Crippen LogP contribution in [0.2, 0.25) is 0 Å². The lowest BCUT2D eigenvalue weighted by Gasteiger charge is -2.16. The molecule has 0 radical (unpaired) electrons. The molecule has 100 valence electrons. The SMILES string of the molecule is COc1cccc(Sc2ccc(Br)cn2)c1[C@@H](C)N. The number of rotatable bonds is 4. The third-order valence-corrected chi connectivity index (χ3v) is 4.11. The second kappa shape index (κ2) is 6.41. The van der Waals surface area contributed by atoms with Gasteiger partial charge in [-0.2, -0.15) is 0 Å². The zero-order valence-electron chi connectivity index (χ0n) is 10.8. The van der Waals surface area contributed by atoms with E-state index in [1.165, 1.54) is 0 Å². The van der Waals surface area contributed by atoms with Crippen molar-refractivity contribution >= 4 is 27.7 Å². The fourth-order valence-electron chi connectivity index (χ4n) is 1.77. The Hall–Kier alpha value is -1.04. The Morgan fingerprint density at radius 1 is 1.32 bits per heavy atom. The standard InChI is InChI=1S/C14H15BrN2OS/c1-9(16)14-11(18-2)4-3-5-12(14)19-13-7-6-10(15)8-17-13/h3-9H,16H2,1-2H3/t9-/m1/s1. The molecule has 1 heterocycles. The van der Waals surface area contributed by atoms with E-state index in [2.05, 4.69) is 20.9 Å². The number of ether oxygens (including phenoxy) is 1. The van der Waals surface area contributed by atoms with Crippen LogP contribution in [-0.2, 0) is 0 Å². The maximum Gasteiger partial charge on any atom is 0.124 e. The molecule has 2 N–H and O–H groups in total. The van der Waals surface area contributed by atoms with Crippen molar-refractivity contribution in [2.45, 2.75) is 22.9 Å². The molecule has 0 bridgehead atoms. The lowest BCUT2D eigenvalue weighted by molar-refractivity contribution is 0.405. The van der Waals surface area contributed by atoms with E-state index in [-0.39, 0.29) is 6.04 Å². The zero-order chi connectivity index (χ0) is 13.8. The molecular formula is C14H15BrN2OS. The minimum absolute atomic E-state index is 0.0888. The van der Waals surface area contributed by atoms with Crippen molar-refractivity contribution in [1.29, 1.82) is 0 Å². The number of hydrogen-bond acceptors (Lipinski definition) is 4. The maximum atomic E-state index is 6.05. The summed E-state index contributed by atoms with van der Waals surface area (Å²) >= 11 is 4.97. The monoisotopic (exact) mass is 338 g/mol. The predicted molar refractivity (Wildman–Crippen MR) is 81.7 cm³/mol. The van der Waals surface area contributed by atoms with Crippen LogP contribution in [-0.4, -0.2) is 12.1 Å². The van der Waals surface area contributed by atoms with Crippen molar-refractivity contribution in [3.05, 3.63) is 46.6 Å². The van der Waals surface area contributed by atoms with E-state index in [0.29, 0.717) is 0 Å². The van der Waals surface area contributed by atoms with Crippen LogP contribution in [0.1, 0.15) is 18.5 Å². The van der Waals surface area contributed by atoms with Gasteiger partial charge in [-0.3, -0.25) is 0 Å². The molecule has 0 saturated carbocycles. The highest BCUT2D eigenvalue weighted by Gasteiger charge is 2.14. The molecule has 2 rings (SSSR count). The van der Waals surface area contributed by atoms with Crippen LogP contribution in [0.3, 0.4) is 0 Å². The number of benzene rings is 1. The fourth-order valence-corrected chi connectivity index (χ4v) is 3.02. The Bertz CT molecular complexity index is 558. The summed E-state index contributed by atoms with van der Waals surface area (Å²) in [6.07, 6.45) is 1.79. The molecule has 0 aliphatic rings. The number of hydrogen-bond donors (Lipinski definition) is 1. The van der Waals surface area contributed by atoms with Gasteiger partial charge in [0.1, 0.15) is 10.8 Å². The summed E-state index contributed by atoms with van der Waals surface area (Å²) in [5.41, 5.74) is 7.06. The van der Waals surface area contributed by atoms with Crippen LogP contribution >= 0.6 is 27.7 Å². The molecule has 0 saturated heterocycles. The van der Waals surface area contributed by atoms with Crippen LogP contribution in [0.15, 0.2) is 50.9 Å². The number of aromatic nitrogens is 1. The summed E-state index contributed by atoms with van der Waals surface area (Å²) in [6, 6.07) is 9.79. The summed E-state index contributed by atoms with van der Waals surface area (Å²) in [4.78, 5) is 5.44. The highest BCUT2D eigenvalue weighted by Crippen LogP contribution is 2.37. The van der Waals surface area contributed by atoms with E-state index in [0.717, 1.165) is 25.7 Å². The molecule has 1 aromatic heterocycles. The molecular weight excluding hydrogens is 324 g/mol. The Morgan fingerprint density at radius 3 is 2.68 bits per heavy atom. The molecule has 2 aromatic rings. The predicted octanol–water partition coefficient (Wildman–Crippen LogP) is 4.02. The van der Waals surface area contributed by atoms with Gasteiger partial charge in [-0.05, 0) is 47.1 Å². The van der Waals surface area contributed by atoms with Crippen molar-refractivity contribution in [3.8, 4) is 5.75 Å². The summed E-state index contributed by atoms with van der Waals surface area (Å²) in [5.74, 6) is 0.817. The zero-order valence-corrected chi connectivity index (χ0v) is 13.2. The van der Waals surface area contributed by atoms with Gasteiger partial charge in [-0.1, -0.05) is 17.8 Å². The van der Waals surface area contributed by atoms with Gasteiger partial charge < -0.3 is 10.5 Å². The molecule has 1 atom stereocenters. The molecule has 0 unspecified atom stereocenters. The summed E-state index contributed by atoms with van der Waals surface area (Å²) in [7, 11) is 1.66. The lowest BCUT2D eigenvalue weighted by Crippen LogP contribution is -2.08. The molecule has 0 fully saturated rings. The topological polar surface area (TPSA) is 48.1 Å². The number of nitrogens with two attached hydrogens (primary N) is 1. The average Bonchev–Trinajstić information content (AvgIpc) is 2.40. The highest BCUT2D eigenvalue weighted by molar-refractivity contribution is 9.10. The van der Waals surface area contributed by atoms with Gasteiger partial charge in [0, 0.05) is 27.2 Å². The van der Waals surface area contributed by atoms with Crippen LogP contribution in [0, 0.1) is 0 Å². The van der Waals surface area contributed by atoms with Crippen LogP contribution in [0.25, 0.3) is 0 Å². The van der Waals surface area contributed by atoms with E-state index in [4.69, 9.17) is 10.5 Å². The van der Waals surface area contributed by atoms with Gasteiger partial charge in [0.2, 0.25) is 0 Å².